The van der Waals surface area contributed by atoms with E-state index in [-0.39, 0.29) is 58.2 Å². The van der Waals surface area contributed by atoms with Gasteiger partial charge in [-0.05, 0) is 106 Å². The number of fused-ring (bicyclic) bond motifs is 1. The molecule has 3 aromatic rings. The van der Waals surface area contributed by atoms with Crippen molar-refractivity contribution in [2.45, 2.75) is 218 Å². The predicted octanol–water partition coefficient (Wildman–Crippen LogP) is -4.18. The molecule has 0 bridgehead atoms. The number of carboxylic acid groups (broad SMARTS) is 2. The molecule has 1 heterocycles. The molecule has 0 radical (unpaired) electrons. The minimum absolute atomic E-state index is 0.109. The Labute approximate surface area is 638 Å². The summed E-state index contributed by atoms with van der Waals surface area (Å²) < 4.78 is 0. The van der Waals surface area contributed by atoms with Gasteiger partial charge >= 0.3 is 11.9 Å². The van der Waals surface area contributed by atoms with Gasteiger partial charge in [0.15, 0.2) is 0 Å². The largest absolute Gasteiger partial charge is 0.481 e. The summed E-state index contributed by atoms with van der Waals surface area (Å²) in [5, 5.41) is 83.3. The molecular weight excluding hydrogens is 1430 g/mol. The fraction of sp³-hybridized carbons (Fsp3) is 0.603. The molecule has 0 aliphatic heterocycles. The average molecular weight is 1550 g/mol. The smallest absolute Gasteiger partial charge is 0.325 e. The van der Waals surface area contributed by atoms with Gasteiger partial charge in [0.1, 0.15) is 72.5 Å². The monoisotopic (exact) mass is 1550 g/mol. The lowest BCUT2D eigenvalue weighted by atomic mass is 9.96. The van der Waals surface area contributed by atoms with Crippen molar-refractivity contribution in [2.75, 3.05) is 39.4 Å². The maximum Gasteiger partial charge on any atom is 0.325 e. The van der Waals surface area contributed by atoms with Crippen molar-refractivity contribution in [1.29, 1.82) is 0 Å². The van der Waals surface area contributed by atoms with E-state index in [9.17, 15) is 97.5 Å². The normalized spacial score (nSPS) is 15.4. The van der Waals surface area contributed by atoms with Gasteiger partial charge in [0.05, 0.1) is 32.3 Å². The maximum atomic E-state index is 14.5. The number of aromatic amines is 1. The summed E-state index contributed by atoms with van der Waals surface area (Å²) in [4.78, 5) is 207. The van der Waals surface area contributed by atoms with Crippen molar-refractivity contribution < 1.29 is 97.5 Å². The van der Waals surface area contributed by atoms with Crippen LogP contribution in [0.3, 0.4) is 0 Å². The van der Waals surface area contributed by atoms with Crippen LogP contribution in [0.15, 0.2) is 60.8 Å². The molecule has 37 heteroatoms. The van der Waals surface area contributed by atoms with Crippen LogP contribution in [0, 0.1) is 23.7 Å². The van der Waals surface area contributed by atoms with Crippen LogP contribution in [0.2, 0.25) is 0 Å². The number of benzene rings is 2. The Balaban J connectivity index is 1.85. The molecule has 25 N–H and O–H groups in total. The zero-order valence-corrected chi connectivity index (χ0v) is 63.9. The van der Waals surface area contributed by atoms with Crippen molar-refractivity contribution in [3.63, 3.8) is 0 Å². The molecule has 13 amide bonds. The molecule has 3 rings (SSSR count). The Bertz CT molecular complexity index is 3560. The summed E-state index contributed by atoms with van der Waals surface area (Å²) >= 11 is 0. The molecule has 2 aromatic carbocycles. The number of amides is 13. The molecule has 37 nitrogen and oxygen atoms in total. The van der Waals surface area contributed by atoms with Gasteiger partial charge in [-0.25, -0.2) is 0 Å². The van der Waals surface area contributed by atoms with E-state index in [1.165, 1.54) is 13.1 Å². The third-order valence-corrected chi connectivity index (χ3v) is 18.4. The number of H-pyrrole nitrogens is 1. The van der Waals surface area contributed by atoms with Crippen LogP contribution in [-0.4, -0.2) is 237 Å². The first kappa shape index (κ1) is 94.0. The van der Waals surface area contributed by atoms with Crippen LogP contribution >= 0.6 is 0 Å². The van der Waals surface area contributed by atoms with Gasteiger partial charge in [-0.1, -0.05) is 117 Å². The third kappa shape index (κ3) is 31.8. The van der Waals surface area contributed by atoms with Crippen molar-refractivity contribution in [3.8, 4) is 0 Å². The number of nitrogens with two attached hydrogens (primary N) is 3. The van der Waals surface area contributed by atoms with E-state index in [4.69, 9.17) is 17.2 Å². The number of rotatable bonds is 51. The highest BCUT2D eigenvalue weighted by molar-refractivity contribution is 6.00. The van der Waals surface area contributed by atoms with Gasteiger partial charge in [-0.2, -0.15) is 0 Å². The second-order valence-corrected chi connectivity index (χ2v) is 28.0. The lowest BCUT2D eigenvalue weighted by Crippen LogP contribution is -2.62. The van der Waals surface area contributed by atoms with Crippen LogP contribution < -0.4 is 86.3 Å². The summed E-state index contributed by atoms with van der Waals surface area (Å²) in [6, 6.07) is -3.23. The molecule has 110 heavy (non-hydrogen) atoms. The number of aliphatic hydroxyl groups excluding tert-OH is 3. The van der Waals surface area contributed by atoms with Crippen molar-refractivity contribution >= 4 is 99.6 Å². The van der Waals surface area contributed by atoms with E-state index in [1.54, 1.807) is 96.1 Å². The molecule has 0 saturated carbocycles. The van der Waals surface area contributed by atoms with Gasteiger partial charge < -0.3 is 117 Å². The van der Waals surface area contributed by atoms with E-state index in [1.807, 2.05) is 13.8 Å². The molecule has 1 aromatic heterocycles. The highest BCUT2D eigenvalue weighted by atomic mass is 16.4. The number of carbonyl (C=O) groups excluding carboxylic acids is 13. The number of hydrogen-bond donors (Lipinski definition) is 22. The number of aromatic nitrogens is 1. The lowest BCUT2D eigenvalue weighted by molar-refractivity contribution is -0.142. The number of aliphatic carboxylic acids is 2. The highest BCUT2D eigenvalue weighted by Gasteiger charge is 2.38. The molecule has 0 saturated heterocycles. The Hall–Kier alpha value is -10.2. The molecule has 15 atom stereocenters. The van der Waals surface area contributed by atoms with E-state index in [0.717, 1.165) is 6.42 Å². The van der Waals surface area contributed by atoms with Crippen LogP contribution in [0.25, 0.3) is 10.9 Å². The topological polar surface area (TPSA) is 607 Å². The second-order valence-electron chi connectivity index (χ2n) is 28.0. The van der Waals surface area contributed by atoms with Gasteiger partial charge in [0.2, 0.25) is 76.8 Å². The third-order valence-electron chi connectivity index (χ3n) is 18.4. The Kier molecular flexibility index (Phi) is 41.3. The van der Waals surface area contributed by atoms with Gasteiger partial charge in [-0.15, -0.1) is 0 Å². The average Bonchev–Trinajstić information content (AvgIpc) is 1.66. The summed E-state index contributed by atoms with van der Waals surface area (Å²) in [5.41, 5.74) is 19.2. The first-order valence-electron chi connectivity index (χ1n) is 37.0. The Morgan fingerprint density at radius 3 is 1.36 bits per heavy atom. The molecule has 0 spiro atoms. The maximum absolute atomic E-state index is 14.5. The van der Waals surface area contributed by atoms with Crippen LogP contribution in [-0.2, 0) is 84.8 Å². The summed E-state index contributed by atoms with van der Waals surface area (Å²) in [6.45, 7) is 11.4. The van der Waals surface area contributed by atoms with Crippen LogP contribution in [0.4, 0.5) is 0 Å². The first-order valence-corrected chi connectivity index (χ1v) is 37.0. The summed E-state index contributed by atoms with van der Waals surface area (Å²) in [6.07, 6.45) is 0.102. The van der Waals surface area contributed by atoms with Crippen molar-refractivity contribution in [3.05, 3.63) is 71.9 Å². The number of nitrogens with one attached hydrogen (secondary N) is 14. The van der Waals surface area contributed by atoms with Gasteiger partial charge in [0, 0.05) is 36.4 Å². The number of hydrogen-bond acceptors (Lipinski definition) is 21. The Morgan fingerprint density at radius 2 is 0.855 bits per heavy atom. The molecule has 0 aliphatic carbocycles. The number of aliphatic hydroxyl groups is 3. The van der Waals surface area contributed by atoms with Gasteiger partial charge in [-0.3, -0.25) is 71.9 Å². The predicted molar refractivity (Wildman–Crippen MR) is 402 cm³/mol. The lowest BCUT2D eigenvalue weighted by Gasteiger charge is -2.30. The van der Waals surface area contributed by atoms with E-state index in [0.29, 0.717) is 47.2 Å². The van der Waals surface area contributed by atoms with Crippen molar-refractivity contribution in [2.24, 2.45) is 40.9 Å². The van der Waals surface area contributed by atoms with Crippen LogP contribution in [0.1, 0.15) is 138 Å². The summed E-state index contributed by atoms with van der Waals surface area (Å²) in [7, 11) is 0. The summed E-state index contributed by atoms with van der Waals surface area (Å²) in [5.74, 6) is -16.6. The van der Waals surface area contributed by atoms with E-state index >= 15 is 0 Å². The first-order chi connectivity index (χ1) is 52.1. The molecule has 0 unspecified atom stereocenters. The fourth-order valence-electron chi connectivity index (χ4n) is 11.3. The molecular formula is C73H115N17O20. The second kappa shape index (κ2) is 48.3. The fourth-order valence-corrected chi connectivity index (χ4v) is 11.3. The van der Waals surface area contributed by atoms with Crippen LogP contribution in [0.5, 0.6) is 0 Å². The number of carboxylic acids is 2. The minimum Gasteiger partial charge on any atom is -0.481 e. The SMILES string of the molecule is CC[C@H](C)CC[C@H](O)CC(=O)N[C@@H](C(=O)N[C@H](CCN)C(=O)NCC(=O)N[C@H](CO)C(=O)N[C@H](Cc1c[nH]c2ccccc12)C(=O)N[C@@H](CO)C(=O)N[C@@H](CCN)C(=O)N[C@H](CCN)C(=O)N[C@@H](Cc1ccccc1)C(=O)N[C@@H](CCC(=O)O)C(=O)N[C@H](C(=O)N[C@@H](C(=O)N[C@@H](C)C(=O)O)[C@@H](C)CC)C(C)C)C(C)C. The molecule has 612 valence electrons. The van der Waals surface area contributed by atoms with E-state index in [2.05, 4.69) is 74.1 Å². The highest BCUT2D eigenvalue weighted by Crippen LogP contribution is 2.21. The van der Waals surface area contributed by atoms with Gasteiger partial charge in [0.25, 0.3) is 0 Å². The van der Waals surface area contributed by atoms with Crippen molar-refractivity contribution in [1.82, 2.24) is 74.1 Å². The quantitative estimate of drug-likeness (QED) is 0.0255. The number of carbonyl (C=O) groups is 15. The minimum atomic E-state index is -1.88. The molecule has 0 fully saturated rings. The zero-order chi connectivity index (χ0) is 82.5. The standard InChI is InChI=1S/C73H115N17O20/c1-10-40(7)21-22-45(93)33-56(94)88-59(38(3)4)70(106)84-49(25-28-74)62(98)78-35-57(95)80-54(36-91)68(104)86-53(32-44-34-77-47-20-16-15-19-46(44)47)67(103)87-55(37-92)69(105)83-50(26-29-75)63(99)82-51(27-30-76)64(100)85-52(31-43-17-13-12-14-18-43)66(102)81-48(23-24-58(96)97)65(101)89-60(39(5)6)71(107)90-61(41(8)11-2)72(108)79-42(9)73(109)110/h12-20,34,38-42,45,48-55,59-61,77,91-93H,10-11,21-33,35-37,74-76H2,1-9H3,(H,78,98)(H,79,108)(H,80,95)(H,81,102)(H,82,99)(H,83,105)(H,84,106)(H,85,100)(H,86,104)(H,87,103)(H,88,94)(H,89,101)(H,90,107)(H,96,97)(H,109,110)/t40-,41-,42-,45-,48-,49+,50-,51+,52-,53+,54+,55-,59+,60-,61+/m0/s1. The van der Waals surface area contributed by atoms with E-state index < -0.39 is 218 Å². The zero-order valence-electron chi connectivity index (χ0n) is 63.9. The Morgan fingerprint density at radius 1 is 0.427 bits per heavy atom. The number of para-hydroxylation sites is 1. The molecule has 0 aliphatic rings.